The van der Waals surface area contributed by atoms with Crippen molar-refractivity contribution in [3.8, 4) is 5.75 Å². The number of benzene rings is 2. The van der Waals surface area contributed by atoms with Crippen LogP contribution in [-0.4, -0.2) is 23.2 Å². The molecule has 0 unspecified atom stereocenters. The number of methoxy groups -OCH3 is 1. The van der Waals surface area contributed by atoms with E-state index in [9.17, 15) is 9.59 Å². The number of halogens is 2. The summed E-state index contributed by atoms with van der Waals surface area (Å²) in [6.07, 6.45) is 1.69. The van der Waals surface area contributed by atoms with Gasteiger partial charge in [-0.3, -0.25) is 9.59 Å². The molecule has 2 heterocycles. The van der Waals surface area contributed by atoms with Crippen LogP contribution in [0.5, 0.6) is 5.75 Å². The summed E-state index contributed by atoms with van der Waals surface area (Å²) < 4.78 is 6.76. The molecular formula is C23H17Cl2N3O3. The summed E-state index contributed by atoms with van der Waals surface area (Å²) in [5, 5.41) is 3.45. The molecule has 0 atom stereocenters. The first-order valence-corrected chi connectivity index (χ1v) is 10.00. The normalized spacial score (nSPS) is 10.8. The standard InChI is InChI=1S/C23H17Cl2N3O3/c1-31-15-8-5-13(6-9-15)22(29)21-20(26)19(18-4-2-3-11-28(18)21)23(30)27-14-7-10-16(24)17(25)12-14/h2-12H,26H2,1H3,(H,27,30). The van der Waals surface area contributed by atoms with Crippen molar-refractivity contribution in [3.05, 3.63) is 93.7 Å². The number of nitrogens with zero attached hydrogens (tertiary/aromatic N) is 1. The van der Waals surface area contributed by atoms with Gasteiger partial charge in [-0.1, -0.05) is 29.3 Å². The van der Waals surface area contributed by atoms with E-state index in [4.69, 9.17) is 33.7 Å². The van der Waals surface area contributed by atoms with E-state index in [0.717, 1.165) is 0 Å². The Hall–Kier alpha value is -3.48. The van der Waals surface area contributed by atoms with E-state index in [1.54, 1.807) is 78.4 Å². The summed E-state index contributed by atoms with van der Waals surface area (Å²) in [7, 11) is 1.55. The fraction of sp³-hybridized carbons (Fsp3) is 0.0435. The predicted octanol–water partition coefficient (Wildman–Crippen LogP) is 5.32. The third-order valence-corrected chi connectivity index (χ3v) is 5.59. The molecule has 3 N–H and O–H groups in total. The third-order valence-electron chi connectivity index (χ3n) is 4.85. The molecule has 0 radical (unpaired) electrons. The number of aromatic nitrogens is 1. The Morgan fingerprint density at radius 2 is 1.74 bits per heavy atom. The summed E-state index contributed by atoms with van der Waals surface area (Å²) in [4.78, 5) is 26.3. The molecule has 4 aromatic rings. The second-order valence-electron chi connectivity index (χ2n) is 6.73. The number of rotatable bonds is 5. The van der Waals surface area contributed by atoms with Gasteiger partial charge in [0.25, 0.3) is 5.91 Å². The quantitative estimate of drug-likeness (QED) is 0.400. The Morgan fingerprint density at radius 1 is 1.00 bits per heavy atom. The molecule has 0 aliphatic rings. The summed E-state index contributed by atoms with van der Waals surface area (Å²) in [5.74, 6) is -0.144. The molecule has 31 heavy (non-hydrogen) atoms. The maximum Gasteiger partial charge on any atom is 0.259 e. The molecule has 4 rings (SSSR count). The van der Waals surface area contributed by atoms with Gasteiger partial charge in [-0.2, -0.15) is 0 Å². The lowest BCUT2D eigenvalue weighted by atomic mass is 10.1. The highest BCUT2D eigenvalue weighted by atomic mass is 35.5. The van der Waals surface area contributed by atoms with Crippen molar-refractivity contribution in [1.29, 1.82) is 0 Å². The van der Waals surface area contributed by atoms with Gasteiger partial charge >= 0.3 is 0 Å². The first-order valence-electron chi connectivity index (χ1n) is 9.24. The summed E-state index contributed by atoms with van der Waals surface area (Å²) >= 11 is 12.0. The zero-order valence-corrected chi connectivity index (χ0v) is 17.9. The Labute approximate surface area is 188 Å². The number of nitrogens with one attached hydrogen (secondary N) is 1. The highest BCUT2D eigenvalue weighted by molar-refractivity contribution is 6.42. The van der Waals surface area contributed by atoms with Gasteiger partial charge in [-0.05, 0) is 54.6 Å². The fourth-order valence-corrected chi connectivity index (χ4v) is 3.64. The lowest BCUT2D eigenvalue weighted by Crippen LogP contribution is -2.14. The first-order chi connectivity index (χ1) is 14.9. The Kier molecular flexibility index (Phi) is 5.59. The van der Waals surface area contributed by atoms with Crippen LogP contribution in [0, 0.1) is 0 Å². The largest absolute Gasteiger partial charge is 0.497 e. The molecule has 0 saturated heterocycles. The van der Waals surface area contributed by atoms with Crippen LogP contribution in [0.4, 0.5) is 11.4 Å². The zero-order chi connectivity index (χ0) is 22.1. The average Bonchev–Trinajstić information content (AvgIpc) is 3.07. The van der Waals surface area contributed by atoms with Crippen LogP contribution in [0.25, 0.3) is 5.52 Å². The van der Waals surface area contributed by atoms with Gasteiger partial charge in [-0.15, -0.1) is 0 Å². The minimum Gasteiger partial charge on any atom is -0.497 e. The Morgan fingerprint density at radius 3 is 2.42 bits per heavy atom. The molecule has 0 saturated carbocycles. The topological polar surface area (TPSA) is 85.8 Å². The lowest BCUT2D eigenvalue weighted by molar-refractivity contribution is 0.102. The van der Waals surface area contributed by atoms with E-state index in [-0.39, 0.29) is 22.7 Å². The van der Waals surface area contributed by atoms with Gasteiger partial charge in [0.2, 0.25) is 5.78 Å². The van der Waals surface area contributed by atoms with Gasteiger partial charge in [-0.25, -0.2) is 0 Å². The van der Waals surface area contributed by atoms with Gasteiger partial charge in [0.15, 0.2) is 0 Å². The number of carbonyl (C=O) groups excluding carboxylic acids is 2. The third kappa shape index (κ3) is 3.83. The number of hydrogen-bond donors (Lipinski definition) is 2. The first kappa shape index (κ1) is 20.8. The van der Waals surface area contributed by atoms with E-state index in [0.29, 0.717) is 32.6 Å². The molecule has 0 spiro atoms. The Bertz CT molecular complexity index is 1310. The molecule has 6 nitrogen and oxygen atoms in total. The number of nitrogen functional groups attached to an aromatic ring is 1. The van der Waals surface area contributed by atoms with Crippen molar-refractivity contribution < 1.29 is 14.3 Å². The highest BCUT2D eigenvalue weighted by Gasteiger charge is 2.26. The van der Waals surface area contributed by atoms with Crippen LogP contribution >= 0.6 is 23.2 Å². The second kappa shape index (κ2) is 8.34. The zero-order valence-electron chi connectivity index (χ0n) is 16.4. The molecule has 0 aliphatic heterocycles. The maximum atomic E-state index is 13.3. The molecule has 2 aromatic heterocycles. The van der Waals surface area contributed by atoms with Crippen LogP contribution in [-0.2, 0) is 0 Å². The average molecular weight is 454 g/mol. The molecule has 1 amide bonds. The SMILES string of the molecule is COc1ccc(C(=O)c2c(N)c(C(=O)Nc3ccc(Cl)c(Cl)c3)c3ccccn23)cc1. The molecule has 156 valence electrons. The lowest BCUT2D eigenvalue weighted by Gasteiger charge is -2.07. The van der Waals surface area contributed by atoms with E-state index in [2.05, 4.69) is 5.32 Å². The highest BCUT2D eigenvalue weighted by Crippen LogP contribution is 2.31. The summed E-state index contributed by atoms with van der Waals surface area (Å²) in [5.41, 5.74) is 8.23. The number of hydrogen-bond acceptors (Lipinski definition) is 4. The molecule has 0 aliphatic carbocycles. The number of amides is 1. The minimum atomic E-state index is -0.464. The van der Waals surface area contributed by atoms with Gasteiger partial charge in [0.05, 0.1) is 33.9 Å². The van der Waals surface area contributed by atoms with Crippen LogP contribution in [0.15, 0.2) is 66.9 Å². The van der Waals surface area contributed by atoms with E-state index in [1.807, 2.05) is 0 Å². The van der Waals surface area contributed by atoms with Gasteiger partial charge < -0.3 is 20.2 Å². The van der Waals surface area contributed by atoms with Crippen LogP contribution in [0.1, 0.15) is 26.4 Å². The van der Waals surface area contributed by atoms with Crippen molar-refractivity contribution in [3.63, 3.8) is 0 Å². The molecule has 0 fully saturated rings. The van der Waals surface area contributed by atoms with Crippen molar-refractivity contribution in [2.45, 2.75) is 0 Å². The molecule has 8 heteroatoms. The van der Waals surface area contributed by atoms with Crippen molar-refractivity contribution >= 4 is 51.8 Å². The van der Waals surface area contributed by atoms with Crippen LogP contribution in [0.3, 0.4) is 0 Å². The molecular weight excluding hydrogens is 437 g/mol. The molecule has 2 aromatic carbocycles. The van der Waals surface area contributed by atoms with E-state index >= 15 is 0 Å². The van der Waals surface area contributed by atoms with E-state index < -0.39 is 5.91 Å². The smallest absolute Gasteiger partial charge is 0.259 e. The minimum absolute atomic E-state index is 0.0876. The second-order valence-corrected chi connectivity index (χ2v) is 7.55. The summed E-state index contributed by atoms with van der Waals surface area (Å²) in [6, 6.07) is 16.7. The van der Waals surface area contributed by atoms with Gasteiger partial charge in [0, 0.05) is 17.4 Å². The maximum absolute atomic E-state index is 13.3. The van der Waals surface area contributed by atoms with Crippen LogP contribution in [0.2, 0.25) is 10.0 Å². The number of carbonyl (C=O) groups is 2. The monoisotopic (exact) mass is 453 g/mol. The van der Waals surface area contributed by atoms with E-state index in [1.165, 1.54) is 0 Å². The number of ketones is 1. The Balaban J connectivity index is 1.78. The number of anilines is 2. The van der Waals surface area contributed by atoms with Crippen molar-refractivity contribution in [1.82, 2.24) is 4.40 Å². The van der Waals surface area contributed by atoms with Gasteiger partial charge in [0.1, 0.15) is 11.4 Å². The molecule has 0 bridgehead atoms. The van der Waals surface area contributed by atoms with Crippen molar-refractivity contribution in [2.24, 2.45) is 0 Å². The predicted molar refractivity (Wildman–Crippen MR) is 123 cm³/mol. The number of ether oxygens (including phenoxy) is 1. The number of pyridine rings is 1. The number of nitrogens with two attached hydrogens (primary N) is 1. The van der Waals surface area contributed by atoms with Crippen molar-refractivity contribution in [2.75, 3.05) is 18.2 Å². The summed E-state index contributed by atoms with van der Waals surface area (Å²) in [6.45, 7) is 0. The fourth-order valence-electron chi connectivity index (χ4n) is 3.34. The van der Waals surface area contributed by atoms with Crippen LogP contribution < -0.4 is 15.8 Å². The number of fused-ring (bicyclic) bond motifs is 1.